The second kappa shape index (κ2) is 8.52. The number of carboxylic acids is 1. The molecule has 1 aromatic carbocycles. The molecule has 0 aromatic heterocycles. The highest BCUT2D eigenvalue weighted by atomic mass is 16.5. The number of allylic oxidation sites excluding steroid dienone is 1. The van der Waals surface area contributed by atoms with E-state index in [2.05, 4.69) is 52.8 Å². The van der Waals surface area contributed by atoms with Crippen LogP contribution in [-0.2, 0) is 10.2 Å². The van der Waals surface area contributed by atoms with Crippen molar-refractivity contribution in [3.63, 3.8) is 0 Å². The summed E-state index contributed by atoms with van der Waals surface area (Å²) in [5.74, 6) is 0.938. The molecule has 4 heteroatoms. The lowest BCUT2D eigenvalue weighted by Gasteiger charge is -2.38. The van der Waals surface area contributed by atoms with Crippen LogP contribution in [0, 0.1) is 16.7 Å². The van der Waals surface area contributed by atoms with Gasteiger partial charge in [-0.05, 0) is 59.3 Å². The predicted molar refractivity (Wildman–Crippen MR) is 126 cm³/mol. The highest BCUT2D eigenvalue weighted by molar-refractivity contribution is 5.98. The first-order valence-corrected chi connectivity index (χ1v) is 11.8. The number of hydrogen-bond donors (Lipinski definition) is 1. The first-order chi connectivity index (χ1) is 14.6. The molecular weight excluding hydrogens is 388 g/mol. The molecule has 1 aromatic rings. The molecule has 4 nitrogen and oxygen atoms in total. The van der Waals surface area contributed by atoms with E-state index in [1.165, 1.54) is 31.2 Å². The van der Waals surface area contributed by atoms with E-state index in [1.54, 1.807) is 14.2 Å². The van der Waals surface area contributed by atoms with Gasteiger partial charge in [0, 0.05) is 0 Å². The van der Waals surface area contributed by atoms with Crippen molar-refractivity contribution in [3.8, 4) is 11.5 Å². The van der Waals surface area contributed by atoms with Crippen LogP contribution in [0.2, 0.25) is 0 Å². The molecule has 0 aliphatic heterocycles. The van der Waals surface area contributed by atoms with Crippen molar-refractivity contribution in [2.75, 3.05) is 14.2 Å². The minimum absolute atomic E-state index is 0.0142. The minimum atomic E-state index is -0.907. The maximum Gasteiger partial charge on any atom is 0.314 e. The number of aliphatic carboxylic acids is 1. The number of rotatable bonds is 10. The SMILES string of the molecule is CCCCCCC(C)(C)c1cc(OC)c(C2=CC3CCC2(C(=O)O)C3(C)C)c(OC)c1. The number of ether oxygens (including phenoxy) is 2. The Morgan fingerprint density at radius 3 is 2.23 bits per heavy atom. The summed E-state index contributed by atoms with van der Waals surface area (Å²) in [4.78, 5) is 12.7. The van der Waals surface area contributed by atoms with Crippen molar-refractivity contribution in [2.45, 2.75) is 85.0 Å². The second-order valence-corrected chi connectivity index (χ2v) is 10.6. The molecule has 0 spiro atoms. The van der Waals surface area contributed by atoms with Gasteiger partial charge in [0.15, 0.2) is 0 Å². The van der Waals surface area contributed by atoms with Crippen molar-refractivity contribution in [2.24, 2.45) is 16.7 Å². The molecular formula is C27H40O4. The number of carbonyl (C=O) groups is 1. The molecule has 2 bridgehead atoms. The Bertz CT molecular complexity index is 839. The molecule has 2 atom stereocenters. The summed E-state index contributed by atoms with van der Waals surface area (Å²) < 4.78 is 11.7. The van der Waals surface area contributed by atoms with Crippen LogP contribution in [0.3, 0.4) is 0 Å². The molecule has 0 amide bonds. The molecule has 1 N–H and O–H groups in total. The van der Waals surface area contributed by atoms with Gasteiger partial charge < -0.3 is 14.6 Å². The first kappa shape index (κ1) is 23.7. The van der Waals surface area contributed by atoms with E-state index in [4.69, 9.17) is 9.47 Å². The maximum absolute atomic E-state index is 12.7. The summed E-state index contributed by atoms with van der Waals surface area (Å²) in [5, 5.41) is 10.4. The standard InChI is InChI=1S/C27H40O4/c1-8-9-10-11-13-25(2,3)19-16-21(30-6)23(22(17-19)31-7)20-15-18-12-14-27(20,24(28)29)26(18,4)5/h15-18H,8-14H2,1-7H3,(H,28,29). The lowest BCUT2D eigenvalue weighted by atomic mass is 9.64. The predicted octanol–water partition coefficient (Wildman–Crippen LogP) is 6.86. The van der Waals surface area contributed by atoms with Gasteiger partial charge in [-0.1, -0.05) is 66.4 Å². The number of benzene rings is 1. The Kier molecular flexibility index (Phi) is 6.51. The number of carboxylic acid groups (broad SMARTS) is 1. The summed E-state index contributed by atoms with van der Waals surface area (Å²) in [6.07, 6.45) is 9.77. The third-order valence-electron chi connectivity index (χ3n) is 8.26. The monoisotopic (exact) mass is 428 g/mol. The highest BCUT2D eigenvalue weighted by Crippen LogP contribution is 2.69. The van der Waals surface area contributed by atoms with E-state index >= 15 is 0 Å². The van der Waals surface area contributed by atoms with Gasteiger partial charge in [-0.25, -0.2) is 0 Å². The zero-order valence-electron chi connectivity index (χ0n) is 20.4. The van der Waals surface area contributed by atoms with Crippen LogP contribution in [0.4, 0.5) is 0 Å². The lowest BCUT2D eigenvalue weighted by molar-refractivity contribution is -0.149. The molecule has 172 valence electrons. The second-order valence-electron chi connectivity index (χ2n) is 10.6. The quantitative estimate of drug-likeness (QED) is 0.414. The fraction of sp³-hybridized carbons (Fsp3) is 0.667. The summed E-state index contributed by atoms with van der Waals surface area (Å²) >= 11 is 0. The third kappa shape index (κ3) is 3.66. The number of hydrogen-bond acceptors (Lipinski definition) is 3. The normalized spacial score (nSPS) is 24.2. The molecule has 3 rings (SSSR count). The number of fused-ring (bicyclic) bond motifs is 2. The van der Waals surface area contributed by atoms with Gasteiger partial charge in [-0.3, -0.25) is 4.79 Å². The molecule has 0 saturated heterocycles. The largest absolute Gasteiger partial charge is 0.496 e. The molecule has 1 saturated carbocycles. The minimum Gasteiger partial charge on any atom is -0.496 e. The van der Waals surface area contributed by atoms with Gasteiger partial charge in [0.2, 0.25) is 0 Å². The number of methoxy groups -OCH3 is 2. The van der Waals surface area contributed by atoms with Gasteiger partial charge in [0.1, 0.15) is 11.5 Å². The van der Waals surface area contributed by atoms with Crippen molar-refractivity contribution in [3.05, 3.63) is 29.3 Å². The lowest BCUT2D eigenvalue weighted by Crippen LogP contribution is -2.40. The molecule has 31 heavy (non-hydrogen) atoms. The van der Waals surface area contributed by atoms with Gasteiger partial charge in [-0.15, -0.1) is 0 Å². The Morgan fingerprint density at radius 2 is 1.74 bits per heavy atom. The van der Waals surface area contributed by atoms with E-state index in [1.807, 2.05) is 0 Å². The summed E-state index contributed by atoms with van der Waals surface area (Å²) in [7, 11) is 3.34. The van der Waals surface area contributed by atoms with Crippen molar-refractivity contribution >= 4 is 11.5 Å². The van der Waals surface area contributed by atoms with Crippen molar-refractivity contribution in [1.82, 2.24) is 0 Å². The molecule has 2 aliphatic rings. The van der Waals surface area contributed by atoms with Crippen LogP contribution >= 0.6 is 0 Å². The van der Waals surface area contributed by atoms with Gasteiger partial charge in [0.25, 0.3) is 0 Å². The Hall–Kier alpha value is -1.97. The molecule has 1 fully saturated rings. The van der Waals surface area contributed by atoms with E-state index in [0.29, 0.717) is 17.9 Å². The zero-order valence-corrected chi connectivity index (χ0v) is 20.4. The van der Waals surface area contributed by atoms with Crippen LogP contribution in [0.25, 0.3) is 5.57 Å². The average molecular weight is 429 g/mol. The van der Waals surface area contributed by atoms with E-state index in [9.17, 15) is 9.90 Å². The van der Waals surface area contributed by atoms with E-state index in [0.717, 1.165) is 24.0 Å². The Balaban J connectivity index is 2.07. The van der Waals surface area contributed by atoms with E-state index in [-0.39, 0.29) is 16.7 Å². The van der Waals surface area contributed by atoms with Crippen LogP contribution in [0.15, 0.2) is 18.2 Å². The fourth-order valence-electron chi connectivity index (χ4n) is 5.99. The zero-order chi connectivity index (χ0) is 23.0. The third-order valence-corrected chi connectivity index (χ3v) is 8.26. The Morgan fingerprint density at radius 1 is 1.13 bits per heavy atom. The smallest absolute Gasteiger partial charge is 0.314 e. The van der Waals surface area contributed by atoms with Crippen molar-refractivity contribution < 1.29 is 19.4 Å². The van der Waals surface area contributed by atoms with Crippen LogP contribution < -0.4 is 9.47 Å². The fourth-order valence-corrected chi connectivity index (χ4v) is 5.99. The van der Waals surface area contributed by atoms with Gasteiger partial charge in [0.05, 0.1) is 25.2 Å². The topological polar surface area (TPSA) is 55.8 Å². The van der Waals surface area contributed by atoms with Gasteiger partial charge >= 0.3 is 5.97 Å². The maximum atomic E-state index is 12.7. The van der Waals surface area contributed by atoms with Crippen LogP contribution in [0.5, 0.6) is 11.5 Å². The Labute approximate surface area is 188 Å². The molecule has 0 heterocycles. The van der Waals surface area contributed by atoms with Crippen molar-refractivity contribution in [1.29, 1.82) is 0 Å². The van der Waals surface area contributed by atoms with E-state index < -0.39 is 11.4 Å². The van der Waals surface area contributed by atoms with Gasteiger partial charge in [-0.2, -0.15) is 0 Å². The first-order valence-electron chi connectivity index (χ1n) is 11.8. The van der Waals surface area contributed by atoms with Crippen LogP contribution in [-0.4, -0.2) is 25.3 Å². The molecule has 0 radical (unpaired) electrons. The highest BCUT2D eigenvalue weighted by Gasteiger charge is 2.65. The average Bonchev–Trinajstić information content (AvgIpc) is 3.13. The van der Waals surface area contributed by atoms with Crippen LogP contribution in [0.1, 0.15) is 90.7 Å². The summed E-state index contributed by atoms with van der Waals surface area (Å²) in [6, 6.07) is 4.21. The molecule has 2 unspecified atom stereocenters. The summed E-state index contributed by atoms with van der Waals surface area (Å²) in [6.45, 7) is 11.0. The summed E-state index contributed by atoms with van der Waals surface area (Å²) in [5.41, 5.74) is 1.60. The molecule has 2 aliphatic carbocycles. The number of unbranched alkanes of at least 4 members (excludes halogenated alkanes) is 3.